The topological polar surface area (TPSA) is 113 Å². The van der Waals surface area contributed by atoms with E-state index >= 15 is 0 Å². The number of aromatic nitrogens is 2. The molecule has 12 heteroatoms. The molecule has 0 aliphatic heterocycles. The van der Waals surface area contributed by atoms with Gasteiger partial charge in [0, 0.05) is 18.9 Å². The van der Waals surface area contributed by atoms with Crippen LogP contribution in [0.1, 0.15) is 40.9 Å². The third-order valence-electron chi connectivity index (χ3n) is 4.99. The molecule has 1 aliphatic carbocycles. The summed E-state index contributed by atoms with van der Waals surface area (Å²) in [6.45, 7) is 0. The van der Waals surface area contributed by atoms with Crippen LogP contribution in [0.5, 0.6) is 0 Å². The van der Waals surface area contributed by atoms with Gasteiger partial charge in [-0.25, -0.2) is 15.8 Å². The van der Waals surface area contributed by atoms with Crippen molar-refractivity contribution in [3.05, 3.63) is 58.0 Å². The Morgan fingerprint density at radius 2 is 2.03 bits per heavy atom. The number of anilines is 2. The van der Waals surface area contributed by atoms with Crippen molar-refractivity contribution in [2.75, 3.05) is 17.4 Å². The Morgan fingerprint density at radius 1 is 1.30 bits per heavy atom. The van der Waals surface area contributed by atoms with Gasteiger partial charge in [0.25, 0.3) is 11.8 Å². The molecular weight excluding hydrogens is 461 g/mol. The largest absolute Gasteiger partial charge is 0.392 e. The number of alkyl halides is 3. The summed E-state index contributed by atoms with van der Waals surface area (Å²) in [5.74, 6) is 4.26. The van der Waals surface area contributed by atoms with Crippen LogP contribution in [0.4, 0.5) is 24.8 Å². The van der Waals surface area contributed by atoms with E-state index in [1.54, 1.807) is 6.07 Å². The lowest BCUT2D eigenvalue weighted by Gasteiger charge is -2.23. The number of hydrazine groups is 1. The van der Waals surface area contributed by atoms with Crippen molar-refractivity contribution in [1.29, 1.82) is 0 Å². The minimum atomic E-state index is -4.59. The SMILES string of the molecule is CNC(=O)c1cc2c(nc1NC(=O)/C(=C/CC(F)(F)F)N(N)c1ncccc1Cl)CCCC2. The Hall–Kier alpha value is -3.18. The summed E-state index contributed by atoms with van der Waals surface area (Å²) < 4.78 is 38.7. The number of hydrogen-bond acceptors (Lipinski definition) is 6. The first-order chi connectivity index (χ1) is 15.6. The molecule has 4 N–H and O–H groups in total. The number of fused-ring (bicyclic) bond motifs is 1. The van der Waals surface area contributed by atoms with Gasteiger partial charge in [-0.05, 0) is 55.5 Å². The molecule has 0 bridgehead atoms. The third kappa shape index (κ3) is 5.99. The summed E-state index contributed by atoms with van der Waals surface area (Å²) >= 11 is 6.05. The monoisotopic (exact) mass is 482 g/mol. The molecule has 0 aromatic carbocycles. The van der Waals surface area contributed by atoms with E-state index in [2.05, 4.69) is 20.6 Å². The van der Waals surface area contributed by atoms with E-state index in [1.807, 2.05) is 0 Å². The molecule has 0 unspecified atom stereocenters. The van der Waals surface area contributed by atoms with Crippen molar-refractivity contribution in [2.45, 2.75) is 38.3 Å². The number of amides is 2. The molecule has 176 valence electrons. The predicted molar refractivity (Wildman–Crippen MR) is 118 cm³/mol. The second-order valence-corrected chi connectivity index (χ2v) is 7.73. The van der Waals surface area contributed by atoms with Crippen LogP contribution >= 0.6 is 11.6 Å². The predicted octanol–water partition coefficient (Wildman–Crippen LogP) is 3.52. The van der Waals surface area contributed by atoms with Crippen LogP contribution in [0.2, 0.25) is 5.02 Å². The first kappa shape index (κ1) is 24.5. The molecule has 33 heavy (non-hydrogen) atoms. The van der Waals surface area contributed by atoms with Gasteiger partial charge in [0.1, 0.15) is 11.5 Å². The van der Waals surface area contributed by atoms with Crippen molar-refractivity contribution < 1.29 is 22.8 Å². The Kier molecular flexibility index (Phi) is 7.54. The van der Waals surface area contributed by atoms with E-state index in [4.69, 9.17) is 17.4 Å². The number of nitrogens with one attached hydrogen (secondary N) is 2. The highest BCUT2D eigenvalue weighted by Crippen LogP contribution is 2.28. The molecule has 0 fully saturated rings. The highest BCUT2D eigenvalue weighted by molar-refractivity contribution is 6.33. The zero-order valence-corrected chi connectivity index (χ0v) is 18.4. The van der Waals surface area contributed by atoms with Gasteiger partial charge in [-0.3, -0.25) is 14.6 Å². The van der Waals surface area contributed by atoms with Gasteiger partial charge >= 0.3 is 6.18 Å². The zero-order chi connectivity index (χ0) is 24.2. The van der Waals surface area contributed by atoms with Gasteiger partial charge in [0.15, 0.2) is 5.82 Å². The van der Waals surface area contributed by atoms with Gasteiger partial charge < -0.3 is 10.6 Å². The quantitative estimate of drug-likeness (QED) is 0.330. The summed E-state index contributed by atoms with van der Waals surface area (Å²) in [7, 11) is 1.42. The smallest absolute Gasteiger partial charge is 0.355 e. The lowest BCUT2D eigenvalue weighted by Crippen LogP contribution is -2.38. The van der Waals surface area contributed by atoms with Crippen LogP contribution in [0, 0.1) is 0 Å². The Labute approximate surface area is 193 Å². The number of pyridine rings is 2. The van der Waals surface area contributed by atoms with Crippen LogP contribution in [0.3, 0.4) is 0 Å². The lowest BCUT2D eigenvalue weighted by molar-refractivity contribution is -0.125. The van der Waals surface area contributed by atoms with Gasteiger partial charge in [-0.1, -0.05) is 11.6 Å². The number of aryl methyl sites for hydroxylation is 2. The van der Waals surface area contributed by atoms with Crippen LogP contribution in [0.15, 0.2) is 36.2 Å². The molecule has 0 atom stereocenters. The number of nitrogens with two attached hydrogens (primary N) is 1. The first-order valence-corrected chi connectivity index (χ1v) is 10.5. The highest BCUT2D eigenvalue weighted by atomic mass is 35.5. The first-order valence-electron chi connectivity index (χ1n) is 10.1. The molecule has 0 saturated carbocycles. The summed E-state index contributed by atoms with van der Waals surface area (Å²) in [6, 6.07) is 4.58. The van der Waals surface area contributed by atoms with Crippen molar-refractivity contribution in [2.24, 2.45) is 5.84 Å². The van der Waals surface area contributed by atoms with E-state index in [0.717, 1.165) is 30.5 Å². The van der Waals surface area contributed by atoms with Crippen LogP contribution in [-0.2, 0) is 17.6 Å². The lowest BCUT2D eigenvalue weighted by atomic mass is 9.94. The van der Waals surface area contributed by atoms with Crippen LogP contribution < -0.4 is 21.5 Å². The Balaban J connectivity index is 2.00. The van der Waals surface area contributed by atoms with E-state index < -0.39 is 30.1 Å². The average Bonchev–Trinajstić information content (AvgIpc) is 2.77. The number of hydrogen-bond donors (Lipinski definition) is 3. The fourth-order valence-electron chi connectivity index (χ4n) is 3.39. The maximum Gasteiger partial charge on any atom is 0.392 e. The standard InChI is InChI=1S/C21H22ClF3N6O2/c1-27-19(32)13-11-12-5-2-3-7-15(12)29-17(13)30-20(33)16(8-9-21(23,24)25)31(26)18-14(22)6-4-10-28-18/h4,6,8,10-11H,2-3,5,7,9,26H2,1H3,(H,27,32)(H,29,30,33)/b16-8-. The summed E-state index contributed by atoms with van der Waals surface area (Å²) in [5.41, 5.74) is 1.16. The minimum Gasteiger partial charge on any atom is -0.355 e. The van der Waals surface area contributed by atoms with Crippen molar-refractivity contribution in [1.82, 2.24) is 15.3 Å². The minimum absolute atomic E-state index is 0.0312. The van der Waals surface area contributed by atoms with Gasteiger partial charge in [0.05, 0.1) is 17.0 Å². The van der Waals surface area contributed by atoms with E-state index in [-0.39, 0.29) is 22.2 Å². The van der Waals surface area contributed by atoms with Crippen LogP contribution in [-0.4, -0.2) is 35.0 Å². The number of carbonyl (C=O) groups excluding carboxylic acids is 2. The molecule has 2 aromatic heterocycles. The number of rotatable bonds is 6. The summed E-state index contributed by atoms with van der Waals surface area (Å²) in [5, 5.41) is 5.62. The Bertz CT molecular complexity index is 1090. The van der Waals surface area contributed by atoms with Crippen molar-refractivity contribution in [3.8, 4) is 0 Å². The van der Waals surface area contributed by atoms with Gasteiger partial charge in [-0.2, -0.15) is 13.2 Å². The zero-order valence-electron chi connectivity index (χ0n) is 17.7. The average molecular weight is 483 g/mol. The molecule has 0 spiro atoms. The highest BCUT2D eigenvalue weighted by Gasteiger charge is 2.29. The molecular formula is C21H22ClF3N6O2. The van der Waals surface area contributed by atoms with E-state index in [9.17, 15) is 22.8 Å². The molecule has 1 aliphatic rings. The van der Waals surface area contributed by atoms with Gasteiger partial charge in [0.2, 0.25) is 0 Å². The molecule has 2 aromatic rings. The van der Waals surface area contributed by atoms with Gasteiger partial charge in [-0.15, -0.1) is 0 Å². The number of allylic oxidation sites excluding steroid dienone is 1. The Morgan fingerprint density at radius 3 is 2.70 bits per heavy atom. The molecule has 0 saturated heterocycles. The third-order valence-corrected chi connectivity index (χ3v) is 5.29. The van der Waals surface area contributed by atoms with Crippen molar-refractivity contribution >= 4 is 35.1 Å². The summed E-state index contributed by atoms with van der Waals surface area (Å²) in [4.78, 5) is 33.8. The number of nitrogens with zero attached hydrogens (tertiary/aromatic N) is 3. The molecule has 0 radical (unpaired) electrons. The fourth-order valence-corrected chi connectivity index (χ4v) is 3.60. The maximum atomic E-state index is 13.1. The van der Waals surface area contributed by atoms with Crippen LogP contribution in [0.25, 0.3) is 0 Å². The fraction of sp³-hybridized carbons (Fsp3) is 0.333. The molecule has 8 nitrogen and oxygen atoms in total. The van der Waals surface area contributed by atoms with E-state index in [0.29, 0.717) is 17.5 Å². The van der Waals surface area contributed by atoms with E-state index in [1.165, 1.54) is 25.4 Å². The molecule has 3 rings (SSSR count). The second-order valence-electron chi connectivity index (χ2n) is 7.32. The molecule has 2 heterocycles. The number of halogens is 4. The summed E-state index contributed by atoms with van der Waals surface area (Å²) in [6.07, 6.45) is -0.802. The normalized spacial score (nSPS) is 13.8. The molecule has 2 amide bonds. The van der Waals surface area contributed by atoms with Crippen molar-refractivity contribution in [3.63, 3.8) is 0 Å². The second kappa shape index (κ2) is 10.2. The number of carbonyl (C=O) groups is 2. The maximum absolute atomic E-state index is 13.1.